The number of benzene rings is 1. The monoisotopic (exact) mass is 291 g/mol. The maximum atomic E-state index is 12.2. The first-order chi connectivity index (χ1) is 9.82. The minimum Gasteiger partial charge on any atom is -0.486 e. The molecule has 5 heteroatoms. The molecule has 0 atom stereocenters. The molecular weight excluding hydrogens is 270 g/mol. The van der Waals surface area contributed by atoms with E-state index in [4.69, 9.17) is 9.47 Å². The molecule has 1 aliphatic heterocycles. The van der Waals surface area contributed by atoms with Gasteiger partial charge in [0.15, 0.2) is 17.3 Å². The lowest BCUT2D eigenvalue weighted by Gasteiger charge is -2.23. The van der Waals surface area contributed by atoms with Crippen LogP contribution in [0.3, 0.4) is 0 Å². The van der Waals surface area contributed by atoms with Crippen LogP contribution in [0.5, 0.6) is 11.5 Å². The van der Waals surface area contributed by atoms with Crippen LogP contribution in [-0.2, 0) is 4.79 Å². The summed E-state index contributed by atoms with van der Waals surface area (Å²) in [5.41, 5.74) is 0.394. The van der Waals surface area contributed by atoms with Gasteiger partial charge in [-0.1, -0.05) is 27.7 Å². The Morgan fingerprint density at radius 3 is 2.24 bits per heavy atom. The number of nitrogens with one attached hydrogen (secondary N) is 1. The predicted molar refractivity (Wildman–Crippen MR) is 80.1 cm³/mol. The van der Waals surface area contributed by atoms with Crippen molar-refractivity contribution in [1.29, 1.82) is 0 Å². The van der Waals surface area contributed by atoms with Gasteiger partial charge in [-0.3, -0.25) is 9.59 Å². The van der Waals surface area contributed by atoms with Gasteiger partial charge in [0.25, 0.3) is 0 Å². The second kappa shape index (κ2) is 5.76. The molecule has 1 aromatic carbocycles. The van der Waals surface area contributed by atoms with Crippen molar-refractivity contribution in [3.05, 3.63) is 17.7 Å². The number of hydrogen-bond donors (Lipinski definition) is 1. The van der Waals surface area contributed by atoms with Crippen LogP contribution in [-0.4, -0.2) is 24.9 Å². The van der Waals surface area contributed by atoms with Gasteiger partial charge < -0.3 is 14.8 Å². The molecule has 1 aliphatic rings. The van der Waals surface area contributed by atoms with E-state index >= 15 is 0 Å². The summed E-state index contributed by atoms with van der Waals surface area (Å²) in [5, 5.41) is 2.82. The summed E-state index contributed by atoms with van der Waals surface area (Å²) in [6.07, 6.45) is 0.359. The summed E-state index contributed by atoms with van der Waals surface area (Å²) in [7, 11) is 0. The van der Waals surface area contributed by atoms with E-state index in [1.165, 1.54) is 0 Å². The SMILES string of the molecule is CCC(=O)c1cc2c(cc1NC(=O)C(C)(C)C)OCCO2. The number of amides is 1. The molecule has 1 N–H and O–H groups in total. The van der Waals surface area contributed by atoms with Crippen LogP contribution in [0.25, 0.3) is 0 Å². The van der Waals surface area contributed by atoms with E-state index in [0.29, 0.717) is 42.4 Å². The van der Waals surface area contributed by atoms with Gasteiger partial charge in [0.1, 0.15) is 13.2 Å². The smallest absolute Gasteiger partial charge is 0.229 e. The molecule has 114 valence electrons. The first-order valence-corrected chi connectivity index (χ1v) is 7.11. The van der Waals surface area contributed by atoms with E-state index < -0.39 is 5.41 Å². The van der Waals surface area contributed by atoms with E-state index in [1.54, 1.807) is 19.1 Å². The Balaban J connectivity index is 2.42. The van der Waals surface area contributed by atoms with Gasteiger partial charge in [-0.05, 0) is 6.07 Å². The molecule has 0 aliphatic carbocycles. The van der Waals surface area contributed by atoms with Gasteiger partial charge >= 0.3 is 0 Å². The maximum absolute atomic E-state index is 12.2. The van der Waals surface area contributed by atoms with Gasteiger partial charge in [-0.25, -0.2) is 0 Å². The topological polar surface area (TPSA) is 64.6 Å². The Morgan fingerprint density at radius 1 is 1.14 bits per heavy atom. The second-order valence-corrected chi connectivity index (χ2v) is 6.02. The average Bonchev–Trinajstić information content (AvgIpc) is 2.44. The number of Topliss-reactive ketones (excluding diaryl/α,β-unsaturated/α-hetero) is 1. The molecule has 1 aromatic rings. The summed E-state index contributed by atoms with van der Waals surface area (Å²) >= 11 is 0. The first kappa shape index (κ1) is 15.4. The molecule has 0 fully saturated rings. The van der Waals surface area contributed by atoms with Crippen molar-refractivity contribution in [1.82, 2.24) is 0 Å². The van der Waals surface area contributed by atoms with Crippen molar-refractivity contribution in [2.75, 3.05) is 18.5 Å². The molecule has 0 aromatic heterocycles. The van der Waals surface area contributed by atoms with Crippen molar-refractivity contribution in [3.63, 3.8) is 0 Å². The van der Waals surface area contributed by atoms with E-state index in [0.717, 1.165) is 0 Å². The normalized spacial score (nSPS) is 13.7. The predicted octanol–water partition coefficient (Wildman–Crippen LogP) is 3.04. The Morgan fingerprint density at radius 2 is 1.71 bits per heavy atom. The van der Waals surface area contributed by atoms with Gasteiger partial charge in [0.2, 0.25) is 5.91 Å². The molecule has 0 radical (unpaired) electrons. The molecule has 0 spiro atoms. The largest absolute Gasteiger partial charge is 0.486 e. The molecule has 1 heterocycles. The van der Waals surface area contributed by atoms with Gasteiger partial charge in [-0.2, -0.15) is 0 Å². The number of rotatable bonds is 3. The fraction of sp³-hybridized carbons (Fsp3) is 0.500. The van der Waals surface area contributed by atoms with Crippen LogP contribution in [0, 0.1) is 5.41 Å². The van der Waals surface area contributed by atoms with Crippen LogP contribution in [0.15, 0.2) is 12.1 Å². The molecule has 1 amide bonds. The van der Waals surface area contributed by atoms with E-state index in [-0.39, 0.29) is 11.7 Å². The fourth-order valence-corrected chi connectivity index (χ4v) is 1.92. The molecule has 0 bridgehead atoms. The van der Waals surface area contributed by atoms with Crippen LogP contribution < -0.4 is 14.8 Å². The molecule has 0 saturated carbocycles. The maximum Gasteiger partial charge on any atom is 0.229 e. The summed E-state index contributed by atoms with van der Waals surface area (Å²) in [4.78, 5) is 24.3. The molecule has 0 unspecified atom stereocenters. The Labute approximate surface area is 124 Å². The van der Waals surface area contributed by atoms with E-state index in [9.17, 15) is 9.59 Å². The zero-order valence-electron chi connectivity index (χ0n) is 12.9. The van der Waals surface area contributed by atoms with Crippen molar-refractivity contribution in [2.24, 2.45) is 5.41 Å². The van der Waals surface area contributed by atoms with Gasteiger partial charge in [0.05, 0.1) is 5.69 Å². The lowest BCUT2D eigenvalue weighted by atomic mass is 9.95. The first-order valence-electron chi connectivity index (χ1n) is 7.11. The number of carbonyl (C=O) groups excluding carboxylic acids is 2. The highest BCUT2D eigenvalue weighted by molar-refractivity contribution is 6.06. The zero-order chi connectivity index (χ0) is 15.6. The highest BCUT2D eigenvalue weighted by Crippen LogP contribution is 2.36. The zero-order valence-corrected chi connectivity index (χ0v) is 12.9. The average molecular weight is 291 g/mol. The third-order valence-electron chi connectivity index (χ3n) is 3.23. The quantitative estimate of drug-likeness (QED) is 0.869. The highest BCUT2D eigenvalue weighted by atomic mass is 16.6. The Hall–Kier alpha value is -2.04. The van der Waals surface area contributed by atoms with Crippen LogP contribution in [0.4, 0.5) is 5.69 Å². The van der Waals surface area contributed by atoms with Crippen LogP contribution in [0.1, 0.15) is 44.5 Å². The standard InChI is InChI=1S/C16H21NO4/c1-5-12(18)10-8-13-14(21-7-6-20-13)9-11(10)17-15(19)16(2,3)4/h8-9H,5-7H2,1-4H3,(H,17,19). The molecule has 21 heavy (non-hydrogen) atoms. The van der Waals surface area contributed by atoms with Crippen LogP contribution in [0.2, 0.25) is 0 Å². The summed E-state index contributed by atoms with van der Waals surface area (Å²) in [6, 6.07) is 3.32. The number of ether oxygens (including phenoxy) is 2. The molecule has 2 rings (SSSR count). The van der Waals surface area contributed by atoms with Crippen molar-refractivity contribution < 1.29 is 19.1 Å². The summed E-state index contributed by atoms with van der Waals surface area (Å²) in [5.74, 6) is 0.908. The van der Waals surface area contributed by atoms with Gasteiger partial charge in [0, 0.05) is 23.5 Å². The number of ketones is 1. The lowest BCUT2D eigenvalue weighted by Crippen LogP contribution is -2.28. The number of hydrogen-bond acceptors (Lipinski definition) is 4. The highest BCUT2D eigenvalue weighted by Gasteiger charge is 2.25. The Kier molecular flexibility index (Phi) is 4.21. The van der Waals surface area contributed by atoms with E-state index in [1.807, 2.05) is 20.8 Å². The number of carbonyl (C=O) groups is 2. The van der Waals surface area contributed by atoms with E-state index in [2.05, 4.69) is 5.32 Å². The third-order valence-corrected chi connectivity index (χ3v) is 3.23. The molecule has 0 saturated heterocycles. The van der Waals surface area contributed by atoms with Gasteiger partial charge in [-0.15, -0.1) is 0 Å². The minimum absolute atomic E-state index is 0.0452. The fourth-order valence-electron chi connectivity index (χ4n) is 1.92. The number of anilines is 1. The molecule has 5 nitrogen and oxygen atoms in total. The number of fused-ring (bicyclic) bond motifs is 1. The van der Waals surface area contributed by atoms with Crippen molar-refractivity contribution >= 4 is 17.4 Å². The van der Waals surface area contributed by atoms with Crippen molar-refractivity contribution in [3.8, 4) is 11.5 Å². The summed E-state index contributed by atoms with van der Waals surface area (Å²) < 4.78 is 11.0. The third kappa shape index (κ3) is 3.35. The Bertz CT molecular complexity index is 572. The molecular formula is C16H21NO4. The van der Waals surface area contributed by atoms with Crippen molar-refractivity contribution in [2.45, 2.75) is 34.1 Å². The summed E-state index contributed by atoms with van der Waals surface area (Å²) in [6.45, 7) is 8.17. The van der Waals surface area contributed by atoms with Crippen LogP contribution >= 0.6 is 0 Å². The second-order valence-electron chi connectivity index (χ2n) is 6.02. The lowest BCUT2D eigenvalue weighted by molar-refractivity contribution is -0.123. The minimum atomic E-state index is -0.542.